The fourth-order valence-corrected chi connectivity index (χ4v) is 2.77. The number of nitrogens with one attached hydrogen (secondary N) is 1. The van der Waals surface area contributed by atoms with E-state index in [1.807, 2.05) is 18.2 Å². The first kappa shape index (κ1) is 17.8. The van der Waals surface area contributed by atoms with E-state index in [2.05, 4.69) is 12.3 Å². The average Bonchev–Trinajstić information content (AvgIpc) is 2.45. The second-order valence-electron chi connectivity index (χ2n) is 5.36. The van der Waals surface area contributed by atoms with Crippen molar-refractivity contribution in [3.8, 4) is 0 Å². The molecule has 0 heterocycles. The van der Waals surface area contributed by atoms with Crippen LogP contribution in [0.3, 0.4) is 0 Å². The van der Waals surface area contributed by atoms with Crippen LogP contribution in [-0.2, 0) is 6.42 Å². The van der Waals surface area contributed by atoms with Crippen molar-refractivity contribution in [2.45, 2.75) is 64.3 Å². The van der Waals surface area contributed by atoms with Crippen LogP contribution in [0.1, 0.15) is 57.4 Å². The van der Waals surface area contributed by atoms with Crippen LogP contribution >= 0.6 is 23.2 Å². The molecule has 0 radical (unpaired) electrons. The maximum absolute atomic E-state index is 6.19. The lowest BCUT2D eigenvalue weighted by Crippen LogP contribution is -2.36. The molecular formula is C16H26Cl2N2. The van der Waals surface area contributed by atoms with Crippen LogP contribution < -0.4 is 11.3 Å². The third-order valence-electron chi connectivity index (χ3n) is 3.62. The highest BCUT2D eigenvalue weighted by Crippen LogP contribution is 2.23. The normalized spacial score (nSPS) is 12.6. The summed E-state index contributed by atoms with van der Waals surface area (Å²) in [6, 6.07) is 5.84. The molecule has 1 unspecified atom stereocenters. The van der Waals surface area contributed by atoms with Crippen LogP contribution in [0.4, 0.5) is 0 Å². The van der Waals surface area contributed by atoms with Gasteiger partial charge in [-0.1, -0.05) is 68.7 Å². The number of hydrogen-bond acceptors (Lipinski definition) is 2. The summed E-state index contributed by atoms with van der Waals surface area (Å²) in [6.07, 6.45) is 9.69. The molecule has 20 heavy (non-hydrogen) atoms. The van der Waals surface area contributed by atoms with E-state index in [0.717, 1.165) is 28.5 Å². The molecule has 4 heteroatoms. The van der Waals surface area contributed by atoms with Gasteiger partial charge in [-0.15, -0.1) is 0 Å². The summed E-state index contributed by atoms with van der Waals surface area (Å²) in [4.78, 5) is 0. The first-order valence-corrected chi connectivity index (χ1v) is 8.33. The Morgan fingerprint density at radius 1 is 1.10 bits per heavy atom. The van der Waals surface area contributed by atoms with Gasteiger partial charge in [-0.3, -0.25) is 11.3 Å². The summed E-state index contributed by atoms with van der Waals surface area (Å²) < 4.78 is 0. The number of unbranched alkanes of at least 4 members (excludes halogenated alkanes) is 5. The molecular weight excluding hydrogens is 291 g/mol. The molecule has 1 aromatic rings. The standard InChI is InChI=1S/C16H26Cl2N2/c1-2-3-4-5-6-7-8-15(20-19)12-13-11-14(17)9-10-16(13)18/h9-11,15,20H,2-8,12,19H2,1H3. The molecule has 0 aliphatic rings. The highest BCUT2D eigenvalue weighted by molar-refractivity contribution is 6.33. The molecule has 3 N–H and O–H groups in total. The minimum atomic E-state index is 0.261. The van der Waals surface area contributed by atoms with E-state index < -0.39 is 0 Å². The van der Waals surface area contributed by atoms with Gasteiger partial charge in [0.2, 0.25) is 0 Å². The van der Waals surface area contributed by atoms with E-state index in [4.69, 9.17) is 29.0 Å². The lowest BCUT2D eigenvalue weighted by atomic mass is 10.00. The Bertz CT molecular complexity index is 383. The molecule has 0 aliphatic carbocycles. The zero-order valence-electron chi connectivity index (χ0n) is 12.3. The molecule has 0 saturated carbocycles. The van der Waals surface area contributed by atoms with Gasteiger partial charge in [-0.2, -0.15) is 0 Å². The summed E-state index contributed by atoms with van der Waals surface area (Å²) in [5.74, 6) is 5.65. The van der Waals surface area contributed by atoms with Crippen molar-refractivity contribution in [3.63, 3.8) is 0 Å². The van der Waals surface area contributed by atoms with Crippen molar-refractivity contribution in [1.82, 2.24) is 5.43 Å². The number of hydrogen-bond donors (Lipinski definition) is 2. The van der Waals surface area contributed by atoms with Gasteiger partial charge < -0.3 is 0 Å². The SMILES string of the molecule is CCCCCCCCC(Cc1cc(Cl)ccc1Cl)NN. The molecule has 0 spiro atoms. The van der Waals surface area contributed by atoms with E-state index in [9.17, 15) is 0 Å². The first-order valence-electron chi connectivity index (χ1n) is 7.57. The predicted molar refractivity (Wildman–Crippen MR) is 89.3 cm³/mol. The number of nitrogens with two attached hydrogens (primary N) is 1. The van der Waals surface area contributed by atoms with E-state index in [1.54, 1.807) is 0 Å². The maximum Gasteiger partial charge on any atom is 0.0439 e. The largest absolute Gasteiger partial charge is 0.271 e. The molecule has 0 fully saturated rings. The molecule has 1 atom stereocenters. The number of benzene rings is 1. The lowest BCUT2D eigenvalue weighted by Gasteiger charge is -2.17. The van der Waals surface area contributed by atoms with Gasteiger partial charge >= 0.3 is 0 Å². The van der Waals surface area contributed by atoms with E-state index >= 15 is 0 Å². The summed E-state index contributed by atoms with van der Waals surface area (Å²) in [6.45, 7) is 2.24. The molecule has 1 aromatic carbocycles. The third-order valence-corrected chi connectivity index (χ3v) is 4.22. The Hall–Kier alpha value is -0.280. The molecule has 0 saturated heterocycles. The summed E-state index contributed by atoms with van der Waals surface area (Å²) in [7, 11) is 0. The fourth-order valence-electron chi connectivity index (χ4n) is 2.38. The summed E-state index contributed by atoms with van der Waals surface area (Å²) >= 11 is 12.2. The maximum atomic E-state index is 6.19. The van der Waals surface area contributed by atoms with Gasteiger partial charge in [0.15, 0.2) is 0 Å². The molecule has 1 rings (SSSR count). The minimum absolute atomic E-state index is 0.261. The van der Waals surface area contributed by atoms with Crippen molar-refractivity contribution in [2.75, 3.05) is 0 Å². The smallest absolute Gasteiger partial charge is 0.0439 e. The molecule has 0 amide bonds. The second-order valence-corrected chi connectivity index (χ2v) is 6.20. The topological polar surface area (TPSA) is 38.0 Å². The van der Waals surface area contributed by atoms with E-state index in [0.29, 0.717) is 0 Å². The van der Waals surface area contributed by atoms with Crippen LogP contribution in [-0.4, -0.2) is 6.04 Å². The van der Waals surface area contributed by atoms with Gasteiger partial charge in [0.05, 0.1) is 0 Å². The van der Waals surface area contributed by atoms with Gasteiger partial charge in [0.1, 0.15) is 0 Å². The van der Waals surface area contributed by atoms with Crippen LogP contribution in [0.5, 0.6) is 0 Å². The Labute approximate surface area is 133 Å². The lowest BCUT2D eigenvalue weighted by molar-refractivity contribution is 0.459. The van der Waals surface area contributed by atoms with Crippen LogP contribution in [0.25, 0.3) is 0 Å². The molecule has 0 aromatic heterocycles. The van der Waals surface area contributed by atoms with Crippen LogP contribution in [0.15, 0.2) is 18.2 Å². The highest BCUT2D eigenvalue weighted by atomic mass is 35.5. The second kappa shape index (κ2) is 10.4. The number of rotatable bonds is 10. The third kappa shape index (κ3) is 6.94. The summed E-state index contributed by atoms with van der Waals surface area (Å²) in [5.41, 5.74) is 3.96. The fraction of sp³-hybridized carbons (Fsp3) is 0.625. The minimum Gasteiger partial charge on any atom is -0.271 e. The molecule has 0 bridgehead atoms. The quantitative estimate of drug-likeness (QED) is 0.357. The Kier molecular flexibility index (Phi) is 9.28. The zero-order chi connectivity index (χ0) is 14.8. The Balaban J connectivity index is 2.33. The van der Waals surface area contributed by atoms with Crippen molar-refractivity contribution in [3.05, 3.63) is 33.8 Å². The van der Waals surface area contributed by atoms with Crippen LogP contribution in [0.2, 0.25) is 10.0 Å². The Morgan fingerprint density at radius 2 is 1.80 bits per heavy atom. The van der Waals surface area contributed by atoms with Crippen LogP contribution in [0, 0.1) is 0 Å². The monoisotopic (exact) mass is 316 g/mol. The van der Waals surface area contributed by atoms with Gasteiger partial charge in [-0.25, -0.2) is 0 Å². The van der Waals surface area contributed by atoms with Gasteiger partial charge in [0.25, 0.3) is 0 Å². The first-order chi connectivity index (χ1) is 9.67. The van der Waals surface area contributed by atoms with E-state index in [-0.39, 0.29) is 6.04 Å². The van der Waals surface area contributed by atoms with Crippen molar-refractivity contribution >= 4 is 23.2 Å². The number of halogens is 2. The van der Waals surface area contributed by atoms with Gasteiger partial charge in [0, 0.05) is 16.1 Å². The van der Waals surface area contributed by atoms with Gasteiger partial charge in [-0.05, 0) is 36.6 Å². The van der Waals surface area contributed by atoms with Crippen molar-refractivity contribution in [2.24, 2.45) is 5.84 Å². The zero-order valence-corrected chi connectivity index (χ0v) is 13.8. The van der Waals surface area contributed by atoms with Crippen molar-refractivity contribution in [1.29, 1.82) is 0 Å². The number of hydrazine groups is 1. The molecule has 114 valence electrons. The molecule has 0 aliphatic heterocycles. The summed E-state index contributed by atoms with van der Waals surface area (Å²) in [5, 5.41) is 1.48. The average molecular weight is 317 g/mol. The molecule has 2 nitrogen and oxygen atoms in total. The van der Waals surface area contributed by atoms with Crippen molar-refractivity contribution < 1.29 is 0 Å². The predicted octanol–water partition coefficient (Wildman–Crippen LogP) is 5.12. The Morgan fingerprint density at radius 3 is 2.50 bits per heavy atom. The highest BCUT2D eigenvalue weighted by Gasteiger charge is 2.10. The van der Waals surface area contributed by atoms with E-state index in [1.165, 1.54) is 38.5 Å².